The zero-order chi connectivity index (χ0) is 11.5. The van der Waals surface area contributed by atoms with Crippen LogP contribution in [0.3, 0.4) is 0 Å². The van der Waals surface area contributed by atoms with Crippen LogP contribution in [-0.2, 0) is 0 Å². The molecular formula is C9H8BF4KO. The molecule has 1 rings (SSSR count). The van der Waals surface area contributed by atoms with E-state index in [2.05, 4.69) is 6.58 Å². The summed E-state index contributed by atoms with van der Waals surface area (Å²) in [7, 11) is 0. The van der Waals surface area contributed by atoms with Gasteiger partial charge in [-0.1, -0.05) is 0 Å². The molecule has 1 aromatic carbocycles. The van der Waals surface area contributed by atoms with Crippen LogP contribution in [0.2, 0.25) is 0 Å². The van der Waals surface area contributed by atoms with Gasteiger partial charge in [-0.3, -0.25) is 0 Å². The van der Waals surface area contributed by atoms with Crippen molar-refractivity contribution in [3.05, 3.63) is 42.1 Å². The van der Waals surface area contributed by atoms with Crippen LogP contribution in [0.25, 0.3) is 0 Å². The summed E-state index contributed by atoms with van der Waals surface area (Å²) < 4.78 is 53.3. The molecule has 0 saturated carbocycles. The summed E-state index contributed by atoms with van der Waals surface area (Å²) in [4.78, 5) is 0. The maximum Gasteiger partial charge on any atom is 1.00 e. The van der Waals surface area contributed by atoms with E-state index in [1.165, 1.54) is 12.1 Å². The Balaban J connectivity index is 0.00000225. The zero-order valence-corrected chi connectivity index (χ0v) is 11.8. The fourth-order valence-electron chi connectivity index (χ4n) is 0.801. The topological polar surface area (TPSA) is 9.23 Å². The predicted molar refractivity (Wildman–Crippen MR) is 50.1 cm³/mol. The van der Waals surface area contributed by atoms with Crippen LogP contribution >= 0.6 is 0 Å². The average Bonchev–Trinajstić information content (AvgIpc) is 2.15. The molecule has 0 fully saturated rings. The Kier molecular flexibility index (Phi) is 6.88. The molecule has 0 spiro atoms. The van der Waals surface area contributed by atoms with E-state index in [-0.39, 0.29) is 57.1 Å². The molecular weight excluding hydrogens is 250 g/mol. The second-order valence-corrected chi connectivity index (χ2v) is 2.98. The predicted octanol–water partition coefficient (Wildman–Crippen LogP) is 0.151. The van der Waals surface area contributed by atoms with Gasteiger partial charge < -0.3 is 17.7 Å². The third-order valence-corrected chi connectivity index (χ3v) is 1.70. The second-order valence-electron chi connectivity index (χ2n) is 2.98. The average molecular weight is 258 g/mol. The van der Waals surface area contributed by atoms with Crippen LogP contribution < -0.4 is 56.1 Å². The molecule has 0 aliphatic rings. The van der Waals surface area contributed by atoms with Crippen molar-refractivity contribution in [3.8, 4) is 5.75 Å². The number of benzene rings is 1. The summed E-state index contributed by atoms with van der Waals surface area (Å²) in [5, 5.41) is 0. The normalized spacial score (nSPS) is 10.5. The molecule has 0 heterocycles. The van der Waals surface area contributed by atoms with Gasteiger partial charge in [0, 0.05) is 0 Å². The number of ether oxygens (including phenoxy) is 1. The number of hydrogen-bond donors (Lipinski definition) is 0. The van der Waals surface area contributed by atoms with E-state index >= 15 is 0 Å². The first-order chi connectivity index (χ1) is 6.89. The number of rotatable bonds is 4. The van der Waals surface area contributed by atoms with Crippen molar-refractivity contribution in [2.75, 3.05) is 6.61 Å². The Labute approximate surface area is 133 Å². The molecule has 1 nitrogen and oxygen atoms in total. The number of halogens is 4. The second kappa shape index (κ2) is 6.81. The summed E-state index contributed by atoms with van der Waals surface area (Å²) in [5.41, 5.74) is -0.917. The number of hydrogen-bond acceptors (Lipinski definition) is 1. The Morgan fingerprint density at radius 2 is 1.69 bits per heavy atom. The molecule has 0 aromatic heterocycles. The van der Waals surface area contributed by atoms with E-state index in [1.54, 1.807) is 0 Å². The molecule has 0 aliphatic heterocycles. The van der Waals surface area contributed by atoms with Crippen molar-refractivity contribution in [3.63, 3.8) is 0 Å². The monoisotopic (exact) mass is 258 g/mol. The Hall–Kier alpha value is 0.181. The first kappa shape index (κ1) is 16.2. The largest absolute Gasteiger partial charge is 1.00 e. The molecule has 0 radical (unpaired) electrons. The van der Waals surface area contributed by atoms with Gasteiger partial charge in [0.05, 0.1) is 6.61 Å². The third kappa shape index (κ3) is 5.49. The van der Waals surface area contributed by atoms with Crippen molar-refractivity contribution in [2.24, 2.45) is 0 Å². The van der Waals surface area contributed by atoms with Gasteiger partial charge in [-0.15, -0.1) is 12.1 Å². The van der Waals surface area contributed by atoms with E-state index in [0.29, 0.717) is 0 Å². The van der Waals surface area contributed by atoms with Gasteiger partial charge in [0.25, 0.3) is 0 Å². The molecule has 16 heavy (non-hydrogen) atoms. The van der Waals surface area contributed by atoms with Crippen LogP contribution in [0.15, 0.2) is 36.3 Å². The molecule has 0 unspecified atom stereocenters. The minimum atomic E-state index is -5.07. The summed E-state index contributed by atoms with van der Waals surface area (Å²) in [6.45, 7) is -2.84. The zero-order valence-electron chi connectivity index (χ0n) is 8.72. The first-order valence-electron chi connectivity index (χ1n) is 4.15. The molecule has 7 heteroatoms. The SMILES string of the molecule is C=C(COc1ccc(F)cc1)[B-](F)(F)F.[K+]. The van der Waals surface area contributed by atoms with Crippen LogP contribution in [0.5, 0.6) is 5.75 Å². The van der Waals surface area contributed by atoms with Crippen molar-refractivity contribution in [1.29, 1.82) is 0 Å². The van der Waals surface area contributed by atoms with Crippen molar-refractivity contribution >= 4 is 6.98 Å². The van der Waals surface area contributed by atoms with E-state index in [0.717, 1.165) is 12.1 Å². The van der Waals surface area contributed by atoms with Gasteiger partial charge in [-0.05, 0) is 24.3 Å². The molecule has 0 N–H and O–H groups in total. The maximum absolute atomic E-state index is 12.4. The first-order valence-corrected chi connectivity index (χ1v) is 4.15. The van der Waals surface area contributed by atoms with Crippen molar-refractivity contribution in [2.45, 2.75) is 0 Å². The third-order valence-electron chi connectivity index (χ3n) is 1.70. The maximum atomic E-state index is 12.4. The minimum Gasteiger partial charge on any atom is -0.492 e. The van der Waals surface area contributed by atoms with Gasteiger partial charge in [-0.25, -0.2) is 4.39 Å². The molecule has 1 aromatic rings. The molecule has 82 valence electrons. The van der Waals surface area contributed by atoms with E-state index < -0.39 is 24.9 Å². The molecule has 0 bridgehead atoms. The Morgan fingerprint density at radius 3 is 2.12 bits per heavy atom. The molecule has 0 aliphatic carbocycles. The quantitative estimate of drug-likeness (QED) is 0.552. The Bertz CT molecular complexity index is 350. The fourth-order valence-corrected chi connectivity index (χ4v) is 0.801. The summed E-state index contributed by atoms with van der Waals surface area (Å²) >= 11 is 0. The van der Waals surface area contributed by atoms with Gasteiger partial charge in [0.15, 0.2) is 0 Å². The van der Waals surface area contributed by atoms with Crippen LogP contribution in [0, 0.1) is 5.82 Å². The van der Waals surface area contributed by atoms with E-state index in [1.807, 2.05) is 0 Å². The smallest absolute Gasteiger partial charge is 0.492 e. The summed E-state index contributed by atoms with van der Waals surface area (Å²) in [6.07, 6.45) is 0. The minimum absolute atomic E-state index is 0. The van der Waals surface area contributed by atoms with Gasteiger partial charge in [0.2, 0.25) is 0 Å². The van der Waals surface area contributed by atoms with Crippen molar-refractivity contribution in [1.82, 2.24) is 0 Å². The van der Waals surface area contributed by atoms with Crippen molar-refractivity contribution < 1.29 is 73.5 Å². The summed E-state index contributed by atoms with van der Waals surface area (Å²) in [6, 6.07) is 4.73. The van der Waals surface area contributed by atoms with Gasteiger partial charge >= 0.3 is 58.4 Å². The Morgan fingerprint density at radius 1 is 1.19 bits per heavy atom. The van der Waals surface area contributed by atoms with Crippen LogP contribution in [0.4, 0.5) is 17.3 Å². The van der Waals surface area contributed by atoms with Gasteiger partial charge in [-0.2, -0.15) is 0 Å². The molecule has 0 atom stereocenters. The molecule has 0 amide bonds. The molecule has 0 saturated heterocycles. The van der Waals surface area contributed by atoms with Crippen LogP contribution in [-0.4, -0.2) is 13.6 Å². The summed E-state index contributed by atoms with van der Waals surface area (Å²) in [5.74, 6) is -0.293. The standard InChI is InChI=1S/C9H8BF4O.K/c1-7(10(12,13)14)6-15-9-4-2-8(11)3-5-9;/h2-5H,1,6H2;/q-1;+1. The van der Waals surface area contributed by atoms with Crippen LogP contribution in [0.1, 0.15) is 0 Å². The van der Waals surface area contributed by atoms with Gasteiger partial charge in [0.1, 0.15) is 11.6 Å². The van der Waals surface area contributed by atoms with E-state index in [9.17, 15) is 17.3 Å². The fraction of sp³-hybridized carbons (Fsp3) is 0.111. The van der Waals surface area contributed by atoms with E-state index in [4.69, 9.17) is 4.74 Å².